The van der Waals surface area contributed by atoms with Gasteiger partial charge in [-0.1, -0.05) is 6.92 Å². The summed E-state index contributed by atoms with van der Waals surface area (Å²) in [6, 6.07) is 3.27. The van der Waals surface area contributed by atoms with Gasteiger partial charge in [0.25, 0.3) is 0 Å². The number of rotatable bonds is 3. The van der Waals surface area contributed by atoms with Gasteiger partial charge in [0, 0.05) is 0 Å². The van der Waals surface area contributed by atoms with Gasteiger partial charge in [-0.15, -0.1) is 0 Å². The lowest BCUT2D eigenvalue weighted by Gasteiger charge is -2.12. The van der Waals surface area contributed by atoms with E-state index in [0.717, 1.165) is 5.56 Å². The molecule has 0 saturated carbocycles. The second kappa shape index (κ2) is 4.75. The first-order valence-corrected chi connectivity index (χ1v) is 5.12. The maximum absolute atomic E-state index is 13.4. The van der Waals surface area contributed by atoms with E-state index in [-0.39, 0.29) is 11.7 Å². The molecule has 14 heavy (non-hydrogen) atoms. The summed E-state index contributed by atoms with van der Waals surface area (Å²) in [5.41, 5.74) is 6.36. The number of methoxy groups -OCH3 is 1. The van der Waals surface area contributed by atoms with E-state index in [1.807, 2.05) is 6.92 Å². The average molecular weight is 262 g/mol. The van der Waals surface area contributed by atoms with Gasteiger partial charge in [-0.05, 0) is 46.1 Å². The summed E-state index contributed by atoms with van der Waals surface area (Å²) in [7, 11) is 1.51. The Labute approximate surface area is 91.4 Å². The molecule has 0 aliphatic carbocycles. The van der Waals surface area contributed by atoms with Crippen molar-refractivity contribution in [3.63, 3.8) is 0 Å². The standard InChI is InChI=1S/C10H13BrFNO/c1-6(5-13)7-3-8(12)10(11)9(4-7)14-2/h3-4,6H,5,13H2,1-2H3. The van der Waals surface area contributed by atoms with Crippen molar-refractivity contribution in [3.8, 4) is 5.75 Å². The summed E-state index contributed by atoms with van der Waals surface area (Å²) in [5, 5.41) is 0. The monoisotopic (exact) mass is 261 g/mol. The largest absolute Gasteiger partial charge is 0.495 e. The third-order valence-corrected chi connectivity index (χ3v) is 2.93. The van der Waals surface area contributed by atoms with Crippen LogP contribution in [0.1, 0.15) is 18.4 Å². The predicted molar refractivity (Wildman–Crippen MR) is 58.1 cm³/mol. The van der Waals surface area contributed by atoms with Gasteiger partial charge in [0.1, 0.15) is 11.6 Å². The molecule has 1 rings (SSSR count). The molecule has 2 N–H and O–H groups in total. The number of hydrogen-bond donors (Lipinski definition) is 1. The number of nitrogens with two attached hydrogens (primary N) is 1. The molecule has 4 heteroatoms. The number of benzene rings is 1. The van der Waals surface area contributed by atoms with Crippen molar-refractivity contribution in [2.24, 2.45) is 5.73 Å². The Balaban J connectivity index is 3.16. The van der Waals surface area contributed by atoms with Crippen LogP contribution in [0.2, 0.25) is 0 Å². The fourth-order valence-electron chi connectivity index (χ4n) is 1.15. The van der Waals surface area contributed by atoms with Crippen LogP contribution in [-0.2, 0) is 0 Å². The second-order valence-corrected chi connectivity index (χ2v) is 3.95. The lowest BCUT2D eigenvalue weighted by Crippen LogP contribution is -2.09. The Morgan fingerprint density at radius 1 is 1.57 bits per heavy atom. The zero-order valence-corrected chi connectivity index (χ0v) is 9.77. The first-order chi connectivity index (χ1) is 6.60. The summed E-state index contributed by atoms with van der Waals surface area (Å²) in [5.74, 6) is 0.312. The van der Waals surface area contributed by atoms with Crippen LogP contribution in [0.4, 0.5) is 4.39 Å². The highest BCUT2D eigenvalue weighted by Crippen LogP contribution is 2.31. The van der Waals surface area contributed by atoms with Crippen LogP contribution >= 0.6 is 15.9 Å². The number of hydrogen-bond acceptors (Lipinski definition) is 2. The van der Waals surface area contributed by atoms with Gasteiger partial charge in [-0.3, -0.25) is 0 Å². The Morgan fingerprint density at radius 2 is 2.21 bits per heavy atom. The zero-order chi connectivity index (χ0) is 10.7. The lowest BCUT2D eigenvalue weighted by atomic mass is 10.0. The predicted octanol–water partition coefficient (Wildman–Crippen LogP) is 2.66. The Kier molecular flexibility index (Phi) is 3.89. The van der Waals surface area contributed by atoms with Crippen molar-refractivity contribution in [2.45, 2.75) is 12.8 Å². The molecule has 0 aliphatic heterocycles. The van der Waals surface area contributed by atoms with E-state index in [1.54, 1.807) is 6.07 Å². The van der Waals surface area contributed by atoms with Crippen LogP contribution in [-0.4, -0.2) is 13.7 Å². The molecule has 78 valence electrons. The zero-order valence-electron chi connectivity index (χ0n) is 8.18. The normalized spacial score (nSPS) is 12.6. The van der Waals surface area contributed by atoms with Gasteiger partial charge in [-0.2, -0.15) is 0 Å². The van der Waals surface area contributed by atoms with Crippen LogP contribution in [0.5, 0.6) is 5.75 Å². The molecule has 0 amide bonds. The molecular weight excluding hydrogens is 249 g/mol. The van der Waals surface area contributed by atoms with Crippen LogP contribution in [0.3, 0.4) is 0 Å². The molecule has 0 aliphatic rings. The van der Waals surface area contributed by atoms with Crippen molar-refractivity contribution < 1.29 is 9.13 Å². The van der Waals surface area contributed by atoms with Crippen molar-refractivity contribution in [2.75, 3.05) is 13.7 Å². The Morgan fingerprint density at radius 3 is 2.71 bits per heavy atom. The van der Waals surface area contributed by atoms with Gasteiger partial charge in [0.05, 0.1) is 11.6 Å². The highest BCUT2D eigenvalue weighted by atomic mass is 79.9. The molecule has 0 fully saturated rings. The Hall–Kier alpha value is -0.610. The molecule has 1 aromatic rings. The van der Waals surface area contributed by atoms with E-state index in [2.05, 4.69) is 15.9 Å². The van der Waals surface area contributed by atoms with Gasteiger partial charge in [-0.25, -0.2) is 4.39 Å². The molecule has 0 aromatic heterocycles. The molecule has 0 saturated heterocycles. The SMILES string of the molecule is COc1cc(C(C)CN)cc(F)c1Br. The fraction of sp³-hybridized carbons (Fsp3) is 0.400. The smallest absolute Gasteiger partial charge is 0.141 e. The lowest BCUT2D eigenvalue weighted by molar-refractivity contribution is 0.406. The van der Waals surface area contributed by atoms with Crippen LogP contribution in [0.25, 0.3) is 0 Å². The molecular formula is C10H13BrFNO. The average Bonchev–Trinajstić information content (AvgIpc) is 2.20. The molecule has 1 unspecified atom stereocenters. The molecule has 0 spiro atoms. The van der Waals surface area contributed by atoms with E-state index in [9.17, 15) is 4.39 Å². The van der Waals surface area contributed by atoms with Crippen molar-refractivity contribution in [1.29, 1.82) is 0 Å². The van der Waals surface area contributed by atoms with Crippen LogP contribution < -0.4 is 10.5 Å². The minimum absolute atomic E-state index is 0.131. The first-order valence-electron chi connectivity index (χ1n) is 4.33. The molecule has 0 heterocycles. The number of halogens is 2. The van der Waals surface area contributed by atoms with Gasteiger partial charge in [0.15, 0.2) is 0 Å². The summed E-state index contributed by atoms with van der Waals surface area (Å²) < 4.78 is 18.7. The second-order valence-electron chi connectivity index (χ2n) is 3.16. The van der Waals surface area contributed by atoms with Gasteiger partial charge >= 0.3 is 0 Å². The van der Waals surface area contributed by atoms with Crippen LogP contribution in [0, 0.1) is 5.82 Å². The maximum Gasteiger partial charge on any atom is 0.141 e. The maximum atomic E-state index is 13.4. The third-order valence-electron chi connectivity index (χ3n) is 2.16. The number of ether oxygens (including phenoxy) is 1. The first kappa shape index (κ1) is 11.5. The summed E-state index contributed by atoms with van der Waals surface area (Å²) in [4.78, 5) is 0. The molecule has 1 atom stereocenters. The summed E-state index contributed by atoms with van der Waals surface area (Å²) >= 11 is 3.11. The summed E-state index contributed by atoms with van der Waals surface area (Å²) in [6.45, 7) is 2.44. The van der Waals surface area contributed by atoms with E-state index in [4.69, 9.17) is 10.5 Å². The van der Waals surface area contributed by atoms with Gasteiger partial charge in [0.2, 0.25) is 0 Å². The minimum atomic E-state index is -0.320. The topological polar surface area (TPSA) is 35.2 Å². The minimum Gasteiger partial charge on any atom is -0.495 e. The van der Waals surface area contributed by atoms with Crippen molar-refractivity contribution >= 4 is 15.9 Å². The fourth-order valence-corrected chi connectivity index (χ4v) is 1.54. The molecule has 0 bridgehead atoms. The highest BCUT2D eigenvalue weighted by molar-refractivity contribution is 9.10. The highest BCUT2D eigenvalue weighted by Gasteiger charge is 2.12. The third kappa shape index (κ3) is 2.25. The molecule has 2 nitrogen and oxygen atoms in total. The van der Waals surface area contributed by atoms with E-state index < -0.39 is 0 Å². The van der Waals surface area contributed by atoms with E-state index in [0.29, 0.717) is 16.8 Å². The Bertz CT molecular complexity index is 330. The summed E-state index contributed by atoms with van der Waals surface area (Å²) in [6.07, 6.45) is 0. The van der Waals surface area contributed by atoms with Crippen molar-refractivity contribution in [3.05, 3.63) is 28.0 Å². The quantitative estimate of drug-likeness (QED) is 0.908. The van der Waals surface area contributed by atoms with Gasteiger partial charge < -0.3 is 10.5 Å². The van der Waals surface area contributed by atoms with E-state index in [1.165, 1.54) is 13.2 Å². The molecule has 1 aromatic carbocycles. The van der Waals surface area contributed by atoms with E-state index >= 15 is 0 Å². The molecule has 0 radical (unpaired) electrons. The van der Waals surface area contributed by atoms with Crippen molar-refractivity contribution in [1.82, 2.24) is 0 Å². The van der Waals surface area contributed by atoms with Crippen LogP contribution in [0.15, 0.2) is 16.6 Å².